The number of pyridine rings is 1. The number of rotatable bonds is 7. The van der Waals surface area contributed by atoms with Gasteiger partial charge in [0.05, 0.1) is 18.2 Å². The summed E-state index contributed by atoms with van der Waals surface area (Å²) >= 11 is 0. The number of hydrogen-bond donors (Lipinski definition) is 1. The average Bonchev–Trinajstić information content (AvgIpc) is 3.13. The van der Waals surface area contributed by atoms with Crippen LogP contribution in [0.3, 0.4) is 0 Å². The van der Waals surface area contributed by atoms with E-state index in [0.717, 1.165) is 41.7 Å². The van der Waals surface area contributed by atoms with E-state index in [0.29, 0.717) is 12.1 Å². The van der Waals surface area contributed by atoms with Crippen LogP contribution in [0.5, 0.6) is 5.75 Å². The van der Waals surface area contributed by atoms with Crippen molar-refractivity contribution in [3.63, 3.8) is 0 Å². The highest BCUT2D eigenvalue weighted by Crippen LogP contribution is 2.23. The smallest absolute Gasteiger partial charge is 0.252 e. The van der Waals surface area contributed by atoms with Gasteiger partial charge in [0.2, 0.25) is 0 Å². The molecule has 1 amide bonds. The summed E-state index contributed by atoms with van der Waals surface area (Å²) in [4.78, 5) is 19.6. The number of carbonyl (C=O) groups excluding carboxylic acids is 1. The summed E-state index contributed by atoms with van der Waals surface area (Å²) < 4.78 is 5.25. The lowest BCUT2D eigenvalue weighted by molar-refractivity contribution is 0.0954. The third kappa shape index (κ3) is 4.48. The van der Waals surface area contributed by atoms with Crippen LogP contribution >= 0.6 is 0 Å². The van der Waals surface area contributed by atoms with Gasteiger partial charge in [-0.2, -0.15) is 0 Å². The number of nitrogens with one attached hydrogen (secondary N) is 1. The molecular formula is C20H27N3O2. The van der Waals surface area contributed by atoms with Crippen LogP contribution < -0.4 is 10.1 Å². The molecule has 1 fully saturated rings. The van der Waals surface area contributed by atoms with Gasteiger partial charge in [0.15, 0.2) is 0 Å². The Balaban J connectivity index is 1.59. The number of likely N-dealkylation sites (tertiary alicyclic amines) is 1. The van der Waals surface area contributed by atoms with E-state index in [9.17, 15) is 4.79 Å². The van der Waals surface area contributed by atoms with Crippen molar-refractivity contribution in [2.75, 3.05) is 33.3 Å². The van der Waals surface area contributed by atoms with Crippen molar-refractivity contribution in [2.45, 2.75) is 32.6 Å². The SMILES string of the molecule is COc1ccc2c(C(=O)NCCCCN3CCCC3)cc(C)nc2c1. The summed E-state index contributed by atoms with van der Waals surface area (Å²) in [7, 11) is 1.63. The second kappa shape index (κ2) is 8.30. The van der Waals surface area contributed by atoms with Crippen molar-refractivity contribution >= 4 is 16.8 Å². The summed E-state index contributed by atoms with van der Waals surface area (Å²) in [5, 5.41) is 3.92. The van der Waals surface area contributed by atoms with Crippen LogP contribution in [0.1, 0.15) is 41.7 Å². The third-order valence-electron chi connectivity index (χ3n) is 4.78. The topological polar surface area (TPSA) is 54.5 Å². The zero-order valence-electron chi connectivity index (χ0n) is 15.2. The summed E-state index contributed by atoms with van der Waals surface area (Å²) in [5.41, 5.74) is 2.31. The quantitative estimate of drug-likeness (QED) is 0.786. The Bertz CT molecular complexity index is 739. The first-order valence-corrected chi connectivity index (χ1v) is 9.13. The first kappa shape index (κ1) is 17.7. The van der Waals surface area contributed by atoms with Gasteiger partial charge < -0.3 is 15.0 Å². The van der Waals surface area contributed by atoms with Crippen LogP contribution in [0.15, 0.2) is 24.3 Å². The number of nitrogens with zero attached hydrogens (tertiary/aromatic N) is 2. The molecule has 1 aliphatic heterocycles. The lowest BCUT2D eigenvalue weighted by Crippen LogP contribution is -2.26. The van der Waals surface area contributed by atoms with Gasteiger partial charge in [-0.1, -0.05) is 0 Å². The zero-order chi connectivity index (χ0) is 17.6. The van der Waals surface area contributed by atoms with Crippen LogP contribution in [-0.2, 0) is 0 Å². The summed E-state index contributed by atoms with van der Waals surface area (Å²) in [6, 6.07) is 7.50. The monoisotopic (exact) mass is 341 g/mol. The van der Waals surface area contributed by atoms with E-state index < -0.39 is 0 Å². The van der Waals surface area contributed by atoms with E-state index in [1.54, 1.807) is 7.11 Å². The molecule has 5 nitrogen and oxygen atoms in total. The van der Waals surface area contributed by atoms with E-state index in [4.69, 9.17) is 4.74 Å². The van der Waals surface area contributed by atoms with Gasteiger partial charge >= 0.3 is 0 Å². The molecule has 0 saturated carbocycles. The predicted molar refractivity (Wildman–Crippen MR) is 100 cm³/mol. The van der Waals surface area contributed by atoms with Crippen LogP contribution in [0.25, 0.3) is 10.9 Å². The molecule has 0 bridgehead atoms. The number of amides is 1. The first-order chi connectivity index (χ1) is 12.2. The normalized spacial score (nSPS) is 14.8. The minimum atomic E-state index is -0.0261. The van der Waals surface area contributed by atoms with Crippen molar-refractivity contribution < 1.29 is 9.53 Å². The minimum Gasteiger partial charge on any atom is -0.497 e. The Morgan fingerprint density at radius 2 is 2.04 bits per heavy atom. The number of aryl methyl sites for hydroxylation is 1. The van der Waals surface area contributed by atoms with Gasteiger partial charge in [-0.05, 0) is 70.4 Å². The number of unbranched alkanes of at least 4 members (excludes halogenated alkanes) is 1. The fourth-order valence-corrected chi connectivity index (χ4v) is 3.42. The summed E-state index contributed by atoms with van der Waals surface area (Å²) in [6.07, 6.45) is 4.80. The number of carbonyl (C=O) groups is 1. The lowest BCUT2D eigenvalue weighted by Gasteiger charge is -2.14. The molecule has 1 N–H and O–H groups in total. The maximum atomic E-state index is 12.6. The van der Waals surface area contributed by atoms with Crippen molar-refractivity contribution in [1.82, 2.24) is 15.2 Å². The molecule has 25 heavy (non-hydrogen) atoms. The summed E-state index contributed by atoms with van der Waals surface area (Å²) in [6.45, 7) is 6.24. The van der Waals surface area contributed by atoms with Crippen molar-refractivity contribution in [3.05, 3.63) is 35.5 Å². The molecule has 0 aliphatic carbocycles. The molecule has 0 spiro atoms. The van der Waals surface area contributed by atoms with Crippen molar-refractivity contribution in [2.24, 2.45) is 0 Å². The molecule has 0 atom stereocenters. The fourth-order valence-electron chi connectivity index (χ4n) is 3.42. The highest BCUT2D eigenvalue weighted by Gasteiger charge is 2.13. The molecule has 2 heterocycles. The molecule has 0 radical (unpaired) electrons. The van der Waals surface area contributed by atoms with Gasteiger partial charge in [-0.3, -0.25) is 9.78 Å². The number of aromatic nitrogens is 1. The van der Waals surface area contributed by atoms with Crippen molar-refractivity contribution in [1.29, 1.82) is 0 Å². The maximum absolute atomic E-state index is 12.6. The third-order valence-corrected chi connectivity index (χ3v) is 4.78. The van der Waals surface area contributed by atoms with E-state index in [1.807, 2.05) is 31.2 Å². The standard InChI is InChI=1S/C20H27N3O2/c1-15-13-18(17-8-7-16(25-2)14-19(17)22-15)20(24)21-9-3-4-10-23-11-5-6-12-23/h7-8,13-14H,3-6,9-12H2,1-2H3,(H,21,24). The molecular weight excluding hydrogens is 314 g/mol. The predicted octanol–water partition coefficient (Wildman–Crippen LogP) is 3.16. The van der Waals surface area contributed by atoms with Gasteiger partial charge in [0.25, 0.3) is 5.91 Å². The highest BCUT2D eigenvalue weighted by molar-refractivity contribution is 6.06. The molecule has 3 rings (SSSR count). The second-order valence-electron chi connectivity index (χ2n) is 6.71. The maximum Gasteiger partial charge on any atom is 0.252 e. The van der Waals surface area contributed by atoms with Gasteiger partial charge in [0.1, 0.15) is 5.75 Å². The number of methoxy groups -OCH3 is 1. The van der Waals surface area contributed by atoms with E-state index in [2.05, 4.69) is 15.2 Å². The molecule has 1 aromatic carbocycles. The van der Waals surface area contributed by atoms with Crippen LogP contribution in [0.4, 0.5) is 0 Å². The Labute approximate surface area is 149 Å². The zero-order valence-corrected chi connectivity index (χ0v) is 15.2. The summed E-state index contributed by atoms with van der Waals surface area (Å²) in [5.74, 6) is 0.723. The number of fused-ring (bicyclic) bond motifs is 1. The Morgan fingerprint density at radius 1 is 1.24 bits per heavy atom. The van der Waals surface area contributed by atoms with Gasteiger partial charge in [0, 0.05) is 23.7 Å². The largest absolute Gasteiger partial charge is 0.497 e. The molecule has 0 unspecified atom stereocenters. The van der Waals surface area contributed by atoms with E-state index >= 15 is 0 Å². The average molecular weight is 341 g/mol. The van der Waals surface area contributed by atoms with E-state index in [-0.39, 0.29) is 5.91 Å². The molecule has 134 valence electrons. The Kier molecular flexibility index (Phi) is 5.87. The van der Waals surface area contributed by atoms with Crippen LogP contribution in [0, 0.1) is 6.92 Å². The number of ether oxygens (including phenoxy) is 1. The van der Waals surface area contributed by atoms with Crippen LogP contribution in [-0.4, -0.2) is 49.1 Å². The molecule has 5 heteroatoms. The molecule has 1 aromatic heterocycles. The molecule has 1 aliphatic rings. The number of benzene rings is 1. The number of hydrogen-bond acceptors (Lipinski definition) is 4. The second-order valence-corrected chi connectivity index (χ2v) is 6.71. The van der Waals surface area contributed by atoms with Gasteiger partial charge in [-0.15, -0.1) is 0 Å². The van der Waals surface area contributed by atoms with Gasteiger partial charge in [-0.25, -0.2) is 0 Å². The fraction of sp³-hybridized carbons (Fsp3) is 0.500. The van der Waals surface area contributed by atoms with Crippen molar-refractivity contribution in [3.8, 4) is 5.75 Å². The molecule has 1 saturated heterocycles. The van der Waals surface area contributed by atoms with E-state index in [1.165, 1.54) is 25.9 Å². The Morgan fingerprint density at radius 3 is 2.80 bits per heavy atom. The molecule has 2 aromatic rings. The minimum absolute atomic E-state index is 0.0261. The first-order valence-electron chi connectivity index (χ1n) is 9.13. The highest BCUT2D eigenvalue weighted by atomic mass is 16.5. The van der Waals surface area contributed by atoms with Crippen LogP contribution in [0.2, 0.25) is 0 Å². The Hall–Kier alpha value is -2.14. The lowest BCUT2D eigenvalue weighted by atomic mass is 10.1.